The van der Waals surface area contributed by atoms with Gasteiger partial charge < -0.3 is 15.6 Å². The molecule has 1 aromatic carbocycles. The molecule has 0 aliphatic rings. The van der Waals surface area contributed by atoms with Crippen molar-refractivity contribution in [2.75, 3.05) is 10.6 Å². The molecule has 3 N–H and O–H groups in total. The van der Waals surface area contributed by atoms with Crippen LogP contribution in [-0.4, -0.2) is 16.0 Å². The highest BCUT2D eigenvalue weighted by atomic mass is 19.1. The van der Waals surface area contributed by atoms with Crippen molar-refractivity contribution in [3.8, 4) is 0 Å². The van der Waals surface area contributed by atoms with Gasteiger partial charge in [0.25, 0.3) is 0 Å². The number of hydrogen-bond donors (Lipinski definition) is 3. The summed E-state index contributed by atoms with van der Waals surface area (Å²) < 4.78 is 13.3. The minimum absolute atomic E-state index is 0.396. The van der Waals surface area contributed by atoms with Crippen molar-refractivity contribution in [1.82, 2.24) is 9.97 Å². The minimum Gasteiger partial charge on any atom is -0.344 e. The van der Waals surface area contributed by atoms with E-state index in [2.05, 4.69) is 34.4 Å². The highest BCUT2D eigenvalue weighted by molar-refractivity contribution is 6.05. The van der Waals surface area contributed by atoms with Crippen LogP contribution < -0.4 is 10.6 Å². The van der Waals surface area contributed by atoms with Crippen molar-refractivity contribution in [3.63, 3.8) is 0 Å². The maximum Gasteiger partial charge on any atom is 0.323 e. The average Bonchev–Trinajstić information content (AvgIpc) is 2.90. The summed E-state index contributed by atoms with van der Waals surface area (Å²) in [4.78, 5) is 18.9. The molecule has 3 aromatic rings. The van der Waals surface area contributed by atoms with Gasteiger partial charge in [-0.3, -0.25) is 0 Å². The Hall–Kier alpha value is -2.89. The number of H-pyrrole nitrogens is 1. The summed E-state index contributed by atoms with van der Waals surface area (Å²) in [5, 5.41) is 5.96. The Morgan fingerprint density at radius 2 is 1.96 bits per heavy atom. The molecule has 0 bridgehead atoms. The van der Waals surface area contributed by atoms with Crippen LogP contribution in [0.2, 0.25) is 0 Å². The molecule has 2 heterocycles. The Labute approximate surface area is 132 Å². The molecule has 0 atom stereocenters. The van der Waals surface area contributed by atoms with Gasteiger partial charge in [-0.1, -0.05) is 26.0 Å². The second-order valence-corrected chi connectivity index (χ2v) is 5.61. The van der Waals surface area contributed by atoms with E-state index in [0.29, 0.717) is 28.3 Å². The number of pyridine rings is 1. The SMILES string of the molecule is CC(C)c1ccc(NC(=O)Nc2c[nH]c3ncc(F)cc23)cc1. The first kappa shape index (κ1) is 15.0. The number of fused-ring (bicyclic) bond motifs is 1. The van der Waals surface area contributed by atoms with Gasteiger partial charge in [0, 0.05) is 17.3 Å². The molecule has 0 radical (unpaired) electrons. The molecule has 6 heteroatoms. The fourth-order valence-electron chi connectivity index (χ4n) is 2.32. The predicted octanol–water partition coefficient (Wildman–Crippen LogP) is 4.47. The van der Waals surface area contributed by atoms with Crippen LogP contribution in [-0.2, 0) is 0 Å². The number of nitrogens with one attached hydrogen (secondary N) is 3. The number of rotatable bonds is 3. The number of amides is 2. The molecule has 0 saturated carbocycles. The van der Waals surface area contributed by atoms with Crippen LogP contribution >= 0.6 is 0 Å². The fraction of sp³-hybridized carbons (Fsp3) is 0.176. The molecular weight excluding hydrogens is 295 g/mol. The molecular formula is C17H17FN4O. The molecule has 0 unspecified atom stereocenters. The van der Waals surface area contributed by atoms with E-state index in [1.165, 1.54) is 11.6 Å². The first-order chi connectivity index (χ1) is 11.0. The number of benzene rings is 1. The highest BCUT2D eigenvalue weighted by Crippen LogP contribution is 2.22. The molecule has 0 aliphatic heterocycles. The zero-order valence-corrected chi connectivity index (χ0v) is 12.9. The number of carbonyl (C=O) groups is 1. The molecule has 2 aromatic heterocycles. The van der Waals surface area contributed by atoms with Gasteiger partial charge in [0.2, 0.25) is 0 Å². The van der Waals surface area contributed by atoms with Crippen LogP contribution in [0.5, 0.6) is 0 Å². The zero-order chi connectivity index (χ0) is 16.4. The fourth-order valence-corrected chi connectivity index (χ4v) is 2.32. The summed E-state index contributed by atoms with van der Waals surface area (Å²) in [5.74, 6) is -0.0173. The molecule has 0 spiro atoms. The van der Waals surface area contributed by atoms with E-state index >= 15 is 0 Å². The molecule has 118 valence electrons. The van der Waals surface area contributed by atoms with E-state index in [0.717, 1.165) is 6.20 Å². The van der Waals surface area contributed by atoms with Crippen LogP contribution in [0.15, 0.2) is 42.7 Å². The Morgan fingerprint density at radius 1 is 1.22 bits per heavy atom. The second kappa shape index (κ2) is 6.08. The predicted molar refractivity (Wildman–Crippen MR) is 89.2 cm³/mol. The van der Waals surface area contributed by atoms with Crippen molar-refractivity contribution in [2.24, 2.45) is 0 Å². The van der Waals surface area contributed by atoms with E-state index in [9.17, 15) is 9.18 Å². The Kier molecular flexibility index (Phi) is 3.97. The van der Waals surface area contributed by atoms with Crippen molar-refractivity contribution in [1.29, 1.82) is 0 Å². The van der Waals surface area contributed by atoms with Gasteiger partial charge in [0.05, 0.1) is 11.9 Å². The molecule has 0 saturated heterocycles. The summed E-state index contributed by atoms with van der Waals surface area (Å²) >= 11 is 0. The van der Waals surface area contributed by atoms with Crippen molar-refractivity contribution >= 4 is 28.4 Å². The molecule has 3 rings (SSSR count). The van der Waals surface area contributed by atoms with Crippen molar-refractivity contribution < 1.29 is 9.18 Å². The van der Waals surface area contributed by atoms with Crippen LogP contribution in [0.4, 0.5) is 20.6 Å². The Bertz CT molecular complexity index is 839. The van der Waals surface area contributed by atoms with Gasteiger partial charge >= 0.3 is 6.03 Å². The summed E-state index contributed by atoms with van der Waals surface area (Å²) in [6.07, 6.45) is 2.71. The van der Waals surface area contributed by atoms with Crippen LogP contribution in [0, 0.1) is 5.82 Å². The van der Waals surface area contributed by atoms with E-state index in [1.54, 1.807) is 6.20 Å². The quantitative estimate of drug-likeness (QED) is 0.668. The smallest absolute Gasteiger partial charge is 0.323 e. The Morgan fingerprint density at radius 3 is 2.65 bits per heavy atom. The van der Waals surface area contributed by atoms with Crippen LogP contribution in [0.3, 0.4) is 0 Å². The van der Waals surface area contributed by atoms with Gasteiger partial charge in [0.1, 0.15) is 11.5 Å². The zero-order valence-electron chi connectivity index (χ0n) is 12.9. The molecule has 23 heavy (non-hydrogen) atoms. The maximum atomic E-state index is 13.3. The van der Waals surface area contributed by atoms with E-state index in [4.69, 9.17) is 0 Å². The summed E-state index contributed by atoms with van der Waals surface area (Å²) in [6, 6.07) is 8.59. The first-order valence-corrected chi connectivity index (χ1v) is 7.33. The van der Waals surface area contributed by atoms with Crippen LogP contribution in [0.25, 0.3) is 11.0 Å². The van der Waals surface area contributed by atoms with Gasteiger partial charge in [-0.2, -0.15) is 0 Å². The summed E-state index contributed by atoms with van der Waals surface area (Å²) in [6.45, 7) is 4.22. The van der Waals surface area contributed by atoms with E-state index in [-0.39, 0.29) is 0 Å². The molecule has 0 aliphatic carbocycles. The number of halogens is 1. The van der Waals surface area contributed by atoms with Crippen molar-refractivity contribution in [2.45, 2.75) is 19.8 Å². The van der Waals surface area contributed by atoms with Crippen LogP contribution in [0.1, 0.15) is 25.3 Å². The van der Waals surface area contributed by atoms with Crippen molar-refractivity contribution in [3.05, 3.63) is 54.1 Å². The topological polar surface area (TPSA) is 69.8 Å². The van der Waals surface area contributed by atoms with Gasteiger partial charge in [-0.05, 0) is 29.7 Å². The molecule has 2 amide bonds. The number of anilines is 2. The molecule has 5 nitrogen and oxygen atoms in total. The lowest BCUT2D eigenvalue weighted by Crippen LogP contribution is -2.19. The lowest BCUT2D eigenvalue weighted by molar-refractivity contribution is 0.262. The van der Waals surface area contributed by atoms with Gasteiger partial charge in [-0.15, -0.1) is 0 Å². The second-order valence-electron chi connectivity index (χ2n) is 5.61. The monoisotopic (exact) mass is 312 g/mol. The number of carbonyl (C=O) groups excluding carboxylic acids is 1. The number of nitrogens with zero attached hydrogens (tertiary/aromatic N) is 1. The number of aromatic amines is 1. The maximum absolute atomic E-state index is 13.3. The normalized spacial score (nSPS) is 11.0. The largest absolute Gasteiger partial charge is 0.344 e. The third kappa shape index (κ3) is 3.31. The third-order valence-electron chi connectivity index (χ3n) is 3.58. The summed E-state index contributed by atoms with van der Waals surface area (Å²) in [5.41, 5.74) is 2.89. The van der Waals surface area contributed by atoms with Gasteiger partial charge in [-0.25, -0.2) is 14.2 Å². The van der Waals surface area contributed by atoms with E-state index < -0.39 is 11.8 Å². The molecule has 0 fully saturated rings. The highest BCUT2D eigenvalue weighted by Gasteiger charge is 2.09. The third-order valence-corrected chi connectivity index (χ3v) is 3.58. The number of aromatic nitrogens is 2. The lowest BCUT2D eigenvalue weighted by Gasteiger charge is -2.09. The minimum atomic E-state index is -0.454. The lowest BCUT2D eigenvalue weighted by atomic mass is 10.0. The Balaban J connectivity index is 1.72. The number of urea groups is 1. The first-order valence-electron chi connectivity index (χ1n) is 7.33. The average molecular weight is 312 g/mol. The summed E-state index contributed by atoms with van der Waals surface area (Å²) in [7, 11) is 0. The number of hydrogen-bond acceptors (Lipinski definition) is 2. The van der Waals surface area contributed by atoms with E-state index in [1.807, 2.05) is 24.3 Å². The standard InChI is InChI=1S/C17H17FN4O/c1-10(2)11-3-5-13(6-4-11)21-17(23)22-15-9-20-16-14(15)7-12(18)8-19-16/h3-10H,1-2H3,(H,19,20)(H2,21,22,23). The van der Waals surface area contributed by atoms with Gasteiger partial charge in [0.15, 0.2) is 0 Å².